The molecule has 146 valence electrons. The number of likely N-dealkylation sites (tertiary alicyclic amines) is 1. The first kappa shape index (κ1) is 18.1. The van der Waals surface area contributed by atoms with Crippen molar-refractivity contribution >= 4 is 17.3 Å². The zero-order valence-corrected chi connectivity index (χ0v) is 17.2. The zero-order chi connectivity index (χ0) is 18.9. The van der Waals surface area contributed by atoms with Crippen molar-refractivity contribution in [1.29, 1.82) is 0 Å². The molecule has 28 heavy (non-hydrogen) atoms. The molecule has 0 aromatic heterocycles. The monoisotopic (exact) mass is 391 g/mol. The fourth-order valence-electron chi connectivity index (χ4n) is 5.52. The standard InChI is InChI=1S/C24H29N3S/c28-24(25-16-18-7-2-1-3-8-18)27-13-6-10-20-17-26-14-12-19-9-4-5-11-21(19)23(26)15-22(20)27/h1-5,7-9,11,20,22-23H,6,10,12-17H2,(H,25,28). The van der Waals surface area contributed by atoms with Gasteiger partial charge in [0.25, 0.3) is 0 Å². The molecule has 3 atom stereocenters. The molecule has 3 unspecified atom stereocenters. The highest BCUT2D eigenvalue weighted by Crippen LogP contribution is 2.42. The van der Waals surface area contributed by atoms with Gasteiger partial charge >= 0.3 is 0 Å². The van der Waals surface area contributed by atoms with Crippen molar-refractivity contribution in [2.45, 2.75) is 44.3 Å². The van der Waals surface area contributed by atoms with Gasteiger partial charge in [-0.25, -0.2) is 0 Å². The Morgan fingerprint density at radius 3 is 2.75 bits per heavy atom. The molecule has 0 aliphatic carbocycles. The highest BCUT2D eigenvalue weighted by Gasteiger charge is 2.43. The van der Waals surface area contributed by atoms with Gasteiger partial charge in [0.05, 0.1) is 0 Å². The summed E-state index contributed by atoms with van der Waals surface area (Å²) in [5.74, 6) is 0.742. The van der Waals surface area contributed by atoms with Crippen LogP contribution in [0.3, 0.4) is 0 Å². The molecule has 3 nitrogen and oxygen atoms in total. The van der Waals surface area contributed by atoms with Crippen LogP contribution in [0.5, 0.6) is 0 Å². The Labute approximate surface area is 173 Å². The average Bonchev–Trinajstić information content (AvgIpc) is 2.76. The molecule has 4 heteroatoms. The van der Waals surface area contributed by atoms with E-state index >= 15 is 0 Å². The lowest BCUT2D eigenvalue weighted by atomic mass is 9.77. The third-order valence-corrected chi connectivity index (χ3v) is 7.30. The minimum Gasteiger partial charge on any atom is -0.358 e. The summed E-state index contributed by atoms with van der Waals surface area (Å²) in [5.41, 5.74) is 4.39. The molecular formula is C24H29N3S. The molecule has 1 N–H and O–H groups in total. The van der Waals surface area contributed by atoms with Crippen LogP contribution in [0.1, 0.15) is 42.0 Å². The summed E-state index contributed by atoms with van der Waals surface area (Å²) in [4.78, 5) is 5.26. The third-order valence-electron chi connectivity index (χ3n) is 6.92. The predicted molar refractivity (Wildman–Crippen MR) is 118 cm³/mol. The lowest BCUT2D eigenvalue weighted by Crippen LogP contribution is -2.59. The maximum atomic E-state index is 5.87. The molecule has 2 fully saturated rings. The van der Waals surface area contributed by atoms with Crippen molar-refractivity contribution in [2.75, 3.05) is 19.6 Å². The second kappa shape index (κ2) is 7.84. The smallest absolute Gasteiger partial charge is 0.169 e. The number of piperidine rings is 2. The molecule has 3 aliphatic rings. The number of nitrogens with one attached hydrogen (secondary N) is 1. The molecule has 0 bridgehead atoms. The van der Waals surface area contributed by atoms with Gasteiger partial charge in [-0.2, -0.15) is 0 Å². The van der Waals surface area contributed by atoms with Gasteiger partial charge in [0.2, 0.25) is 0 Å². The molecule has 0 saturated carbocycles. The van der Waals surface area contributed by atoms with E-state index in [0.29, 0.717) is 12.1 Å². The molecule has 0 spiro atoms. The van der Waals surface area contributed by atoms with E-state index in [0.717, 1.165) is 24.1 Å². The van der Waals surface area contributed by atoms with Crippen LogP contribution in [0.25, 0.3) is 0 Å². The van der Waals surface area contributed by atoms with Crippen molar-refractivity contribution in [2.24, 2.45) is 5.92 Å². The number of fused-ring (bicyclic) bond motifs is 4. The maximum Gasteiger partial charge on any atom is 0.169 e. The molecule has 3 aliphatic heterocycles. The quantitative estimate of drug-likeness (QED) is 0.775. The highest BCUT2D eigenvalue weighted by molar-refractivity contribution is 7.80. The molecule has 0 radical (unpaired) electrons. The number of benzene rings is 2. The van der Waals surface area contributed by atoms with Gasteiger partial charge in [0.1, 0.15) is 0 Å². The second-order valence-electron chi connectivity index (χ2n) is 8.50. The summed E-state index contributed by atoms with van der Waals surface area (Å²) >= 11 is 5.87. The Bertz CT molecular complexity index is 837. The third kappa shape index (κ3) is 3.44. The lowest BCUT2D eigenvalue weighted by Gasteiger charge is -2.53. The first-order valence-corrected chi connectivity index (χ1v) is 11.1. The van der Waals surface area contributed by atoms with Crippen LogP contribution in [0.2, 0.25) is 0 Å². The number of rotatable bonds is 2. The number of thiocarbonyl (C=S) groups is 1. The Hall–Kier alpha value is -1.91. The van der Waals surface area contributed by atoms with Gasteiger partial charge in [-0.05, 0) is 60.5 Å². The second-order valence-corrected chi connectivity index (χ2v) is 8.89. The minimum absolute atomic E-state index is 0.559. The van der Waals surface area contributed by atoms with Gasteiger partial charge in [-0.15, -0.1) is 0 Å². The Balaban J connectivity index is 1.32. The summed E-state index contributed by atoms with van der Waals surface area (Å²) in [7, 11) is 0. The van der Waals surface area contributed by atoms with E-state index in [1.165, 1.54) is 44.3 Å². The Kier molecular flexibility index (Phi) is 5.08. The highest BCUT2D eigenvalue weighted by atomic mass is 32.1. The molecule has 3 heterocycles. The summed E-state index contributed by atoms with van der Waals surface area (Å²) < 4.78 is 0. The van der Waals surface area contributed by atoms with Crippen LogP contribution in [0.15, 0.2) is 54.6 Å². The normalized spacial score (nSPS) is 26.7. The van der Waals surface area contributed by atoms with Gasteiger partial charge in [-0.3, -0.25) is 4.90 Å². The number of hydrogen-bond donors (Lipinski definition) is 1. The van der Waals surface area contributed by atoms with Crippen molar-refractivity contribution < 1.29 is 0 Å². The van der Waals surface area contributed by atoms with Crippen LogP contribution < -0.4 is 5.32 Å². The zero-order valence-electron chi connectivity index (χ0n) is 16.4. The molecular weight excluding hydrogens is 362 g/mol. The largest absolute Gasteiger partial charge is 0.358 e. The molecule has 2 aromatic carbocycles. The first-order valence-electron chi connectivity index (χ1n) is 10.7. The lowest BCUT2D eigenvalue weighted by molar-refractivity contribution is 0.0166. The van der Waals surface area contributed by atoms with Crippen molar-refractivity contribution in [3.63, 3.8) is 0 Å². The van der Waals surface area contributed by atoms with E-state index in [1.54, 1.807) is 11.1 Å². The topological polar surface area (TPSA) is 18.5 Å². The van der Waals surface area contributed by atoms with E-state index in [1.807, 2.05) is 0 Å². The van der Waals surface area contributed by atoms with Crippen LogP contribution >= 0.6 is 12.2 Å². The van der Waals surface area contributed by atoms with Gasteiger partial charge in [0.15, 0.2) is 5.11 Å². The van der Waals surface area contributed by atoms with E-state index < -0.39 is 0 Å². The van der Waals surface area contributed by atoms with Crippen LogP contribution in [-0.2, 0) is 13.0 Å². The van der Waals surface area contributed by atoms with Crippen molar-refractivity contribution in [1.82, 2.24) is 15.1 Å². The first-order chi connectivity index (χ1) is 13.8. The Morgan fingerprint density at radius 2 is 1.86 bits per heavy atom. The van der Waals surface area contributed by atoms with Gasteiger partial charge < -0.3 is 10.2 Å². The summed E-state index contributed by atoms with van der Waals surface area (Å²) in [6.07, 6.45) is 5.00. The number of hydrogen-bond acceptors (Lipinski definition) is 2. The summed E-state index contributed by atoms with van der Waals surface area (Å²) in [5, 5.41) is 4.48. The summed E-state index contributed by atoms with van der Waals surface area (Å²) in [6, 6.07) is 20.8. The van der Waals surface area contributed by atoms with Gasteiger partial charge in [0, 0.05) is 38.3 Å². The summed E-state index contributed by atoms with van der Waals surface area (Å²) in [6.45, 7) is 4.34. The molecule has 2 saturated heterocycles. The van der Waals surface area contributed by atoms with Crippen molar-refractivity contribution in [3.8, 4) is 0 Å². The fraction of sp³-hybridized carbons (Fsp3) is 0.458. The van der Waals surface area contributed by atoms with Crippen LogP contribution in [0.4, 0.5) is 0 Å². The average molecular weight is 392 g/mol. The van der Waals surface area contributed by atoms with E-state index in [-0.39, 0.29) is 0 Å². The predicted octanol–water partition coefficient (Wildman–Crippen LogP) is 4.14. The molecule has 2 aromatic rings. The fourth-order valence-corrected chi connectivity index (χ4v) is 5.82. The van der Waals surface area contributed by atoms with E-state index in [2.05, 4.69) is 69.7 Å². The molecule has 0 amide bonds. The van der Waals surface area contributed by atoms with E-state index in [9.17, 15) is 0 Å². The molecule has 5 rings (SSSR count). The van der Waals surface area contributed by atoms with E-state index in [4.69, 9.17) is 12.2 Å². The Morgan fingerprint density at radius 1 is 1.04 bits per heavy atom. The minimum atomic E-state index is 0.559. The maximum absolute atomic E-state index is 5.87. The number of nitrogens with zero attached hydrogens (tertiary/aromatic N) is 2. The SMILES string of the molecule is S=C(NCc1ccccc1)N1CCCC2CN3CCc4ccccc4C3CC21. The van der Waals surface area contributed by atoms with Crippen LogP contribution in [-0.4, -0.2) is 40.6 Å². The van der Waals surface area contributed by atoms with Crippen molar-refractivity contribution in [3.05, 3.63) is 71.3 Å². The van der Waals surface area contributed by atoms with Crippen LogP contribution in [0, 0.1) is 5.92 Å². The van der Waals surface area contributed by atoms with Gasteiger partial charge in [-0.1, -0.05) is 54.6 Å².